The number of hydroxylamine groups is 2. The van der Waals surface area contributed by atoms with Gasteiger partial charge in [-0.1, -0.05) is 60.7 Å². The fourth-order valence-electron chi connectivity index (χ4n) is 4.36. The lowest BCUT2D eigenvalue weighted by Crippen LogP contribution is -2.52. The number of esters is 4. The van der Waals surface area contributed by atoms with Crippen molar-refractivity contribution in [2.45, 2.75) is 63.1 Å². The van der Waals surface area contributed by atoms with Gasteiger partial charge in [0.1, 0.15) is 12.1 Å². The summed E-state index contributed by atoms with van der Waals surface area (Å²) < 4.78 is 9.29. The van der Waals surface area contributed by atoms with Gasteiger partial charge in [-0.2, -0.15) is 11.0 Å². The first-order chi connectivity index (χ1) is 19.5. The van der Waals surface area contributed by atoms with Crippen LogP contribution in [0.5, 0.6) is 0 Å². The van der Waals surface area contributed by atoms with Gasteiger partial charge in [0.25, 0.3) is 0 Å². The predicted molar refractivity (Wildman–Crippen MR) is 141 cm³/mol. The zero-order chi connectivity index (χ0) is 28.2. The Morgan fingerprint density at radius 2 is 1.02 bits per heavy atom. The Labute approximate surface area is 232 Å². The Bertz CT molecular complexity index is 1030. The van der Waals surface area contributed by atoms with E-state index in [9.17, 15) is 19.2 Å². The van der Waals surface area contributed by atoms with Crippen LogP contribution in [0.1, 0.15) is 36.8 Å². The molecule has 2 aliphatic heterocycles. The summed E-state index contributed by atoms with van der Waals surface area (Å²) in [7, 11) is 0. The van der Waals surface area contributed by atoms with Crippen molar-refractivity contribution < 1.29 is 38.3 Å². The third-order valence-electron chi connectivity index (χ3n) is 6.61. The number of carbonyl (C=O) groups excluding carboxylic acids is 4. The van der Waals surface area contributed by atoms with E-state index < -0.39 is 36.0 Å². The van der Waals surface area contributed by atoms with Crippen LogP contribution in [0.25, 0.3) is 0 Å². The Morgan fingerprint density at radius 3 is 1.38 bits per heavy atom. The third kappa shape index (κ3) is 9.30. The summed E-state index contributed by atoms with van der Waals surface area (Å²) in [4.78, 5) is 59.8. The van der Waals surface area contributed by atoms with Crippen LogP contribution in [0.3, 0.4) is 0 Å². The Balaban J connectivity index is 1.08. The van der Waals surface area contributed by atoms with Crippen LogP contribution in [0, 0.1) is 0 Å². The quantitative estimate of drug-likeness (QED) is 0.142. The van der Waals surface area contributed by atoms with Crippen molar-refractivity contribution in [3.05, 3.63) is 71.8 Å². The van der Waals surface area contributed by atoms with Crippen LogP contribution >= 0.6 is 0 Å². The van der Waals surface area contributed by atoms with Gasteiger partial charge in [-0.15, -0.1) is 0 Å². The van der Waals surface area contributed by atoms with Crippen LogP contribution in [0.4, 0.5) is 0 Å². The predicted octanol–water partition coefficient (Wildman–Crippen LogP) is 0.810. The highest BCUT2D eigenvalue weighted by molar-refractivity contribution is 6.33. The van der Waals surface area contributed by atoms with Crippen LogP contribution in [-0.2, 0) is 51.5 Å². The van der Waals surface area contributed by atoms with E-state index in [0.29, 0.717) is 52.0 Å². The minimum Gasteiger partial charge on any atom is -0.383 e. The highest BCUT2D eigenvalue weighted by atomic mass is 16.7. The summed E-state index contributed by atoms with van der Waals surface area (Å²) in [6, 6.07) is 17.7. The van der Waals surface area contributed by atoms with Crippen molar-refractivity contribution in [2.75, 3.05) is 13.1 Å². The molecule has 4 atom stereocenters. The molecule has 40 heavy (non-hydrogen) atoms. The van der Waals surface area contributed by atoms with Gasteiger partial charge in [-0.25, -0.2) is 19.2 Å². The minimum absolute atomic E-state index is 0.0423. The molecule has 2 aromatic rings. The second-order valence-corrected chi connectivity index (χ2v) is 9.67. The second kappa shape index (κ2) is 15.3. The van der Waals surface area contributed by atoms with Gasteiger partial charge in [0.2, 0.25) is 0 Å². The lowest BCUT2D eigenvalue weighted by Gasteiger charge is -2.29. The number of nitrogens with one attached hydrogen (secondary N) is 4. The normalized spacial score (nSPS) is 22.7. The van der Waals surface area contributed by atoms with E-state index in [0.717, 1.165) is 11.1 Å². The van der Waals surface area contributed by atoms with Gasteiger partial charge >= 0.3 is 23.9 Å². The molecular formula is C28H34N4O8. The average molecular weight is 555 g/mol. The molecule has 0 aliphatic carbocycles. The number of carbonyl (C=O) groups is 4. The third-order valence-corrected chi connectivity index (χ3v) is 6.61. The maximum Gasteiger partial charge on any atom is 0.425 e. The van der Waals surface area contributed by atoms with Gasteiger partial charge in [-0.3, -0.25) is 9.68 Å². The molecule has 2 aromatic carbocycles. The van der Waals surface area contributed by atoms with Crippen molar-refractivity contribution in [3.63, 3.8) is 0 Å². The lowest BCUT2D eigenvalue weighted by molar-refractivity contribution is -0.179. The van der Waals surface area contributed by atoms with E-state index in [1.165, 1.54) is 0 Å². The molecule has 2 saturated heterocycles. The second-order valence-electron chi connectivity index (χ2n) is 9.67. The van der Waals surface area contributed by atoms with Gasteiger partial charge in [0.05, 0.1) is 13.2 Å². The average Bonchev–Trinajstić information content (AvgIpc) is 2.99. The van der Waals surface area contributed by atoms with E-state index in [1.54, 1.807) is 0 Å². The van der Waals surface area contributed by atoms with Crippen molar-refractivity contribution in [1.29, 1.82) is 0 Å². The van der Waals surface area contributed by atoms with Crippen LogP contribution in [-0.4, -0.2) is 61.1 Å². The highest BCUT2D eigenvalue weighted by Crippen LogP contribution is 2.13. The van der Waals surface area contributed by atoms with E-state index in [2.05, 4.69) is 31.1 Å². The first-order valence-corrected chi connectivity index (χ1v) is 13.3. The molecular weight excluding hydrogens is 520 g/mol. The van der Waals surface area contributed by atoms with Crippen LogP contribution < -0.4 is 21.6 Å². The summed E-state index contributed by atoms with van der Waals surface area (Å²) in [5.41, 5.74) is 7.95. The SMILES string of the molecule is O=C(OC(=O)[C@H]1CC[C@H](NOCc2ccccc2)CN1)C(=O)OC(=O)[C@H]1CC[C@H](NOCc2ccccc2)CN1. The number of hydrogen-bond acceptors (Lipinski definition) is 12. The molecule has 12 nitrogen and oxygen atoms in total. The minimum atomic E-state index is -1.53. The monoisotopic (exact) mass is 554 g/mol. The van der Waals surface area contributed by atoms with E-state index in [4.69, 9.17) is 9.68 Å². The van der Waals surface area contributed by atoms with Gasteiger partial charge < -0.3 is 20.1 Å². The molecule has 12 heteroatoms. The van der Waals surface area contributed by atoms with E-state index in [1.807, 2.05) is 60.7 Å². The molecule has 0 radical (unpaired) electrons. The zero-order valence-electron chi connectivity index (χ0n) is 22.0. The molecule has 0 spiro atoms. The van der Waals surface area contributed by atoms with Crippen LogP contribution in [0.2, 0.25) is 0 Å². The smallest absolute Gasteiger partial charge is 0.383 e. The van der Waals surface area contributed by atoms with Gasteiger partial charge in [-0.05, 0) is 36.8 Å². The maximum absolute atomic E-state index is 12.3. The van der Waals surface area contributed by atoms with Crippen molar-refractivity contribution in [2.24, 2.45) is 0 Å². The fraction of sp³-hybridized carbons (Fsp3) is 0.429. The van der Waals surface area contributed by atoms with E-state index in [-0.39, 0.29) is 12.1 Å². The van der Waals surface area contributed by atoms with Crippen molar-refractivity contribution >= 4 is 23.9 Å². The Morgan fingerprint density at radius 1 is 0.625 bits per heavy atom. The zero-order valence-corrected chi connectivity index (χ0v) is 22.0. The number of hydrogen-bond donors (Lipinski definition) is 4. The topological polar surface area (TPSA) is 153 Å². The molecule has 2 fully saturated rings. The molecule has 0 saturated carbocycles. The number of ether oxygens (including phenoxy) is 2. The standard InChI is InChI=1S/C28H34N4O8/c33-25(23-13-11-21(15-29-23)31-37-17-19-7-3-1-4-8-19)39-27(35)28(36)40-26(34)24-14-12-22(16-30-24)32-38-18-20-9-5-2-6-10-20/h1-10,21-24,29-32H,11-18H2/t21-,22-,23+,24+/m0/s1. The molecule has 0 amide bonds. The first-order valence-electron chi connectivity index (χ1n) is 13.3. The molecule has 4 rings (SSSR count). The summed E-state index contributed by atoms with van der Waals surface area (Å²) in [6.07, 6.45) is 1.89. The highest BCUT2D eigenvalue weighted by Gasteiger charge is 2.34. The molecule has 2 aliphatic rings. The Hall–Kier alpha value is -3.52. The van der Waals surface area contributed by atoms with Gasteiger partial charge in [0, 0.05) is 25.2 Å². The van der Waals surface area contributed by atoms with Crippen LogP contribution in [0.15, 0.2) is 60.7 Å². The summed E-state index contributed by atoms with van der Waals surface area (Å²) in [5, 5.41) is 5.94. The van der Waals surface area contributed by atoms with Crippen molar-refractivity contribution in [1.82, 2.24) is 21.6 Å². The summed E-state index contributed by atoms with van der Waals surface area (Å²) in [6.45, 7) is 1.59. The van der Waals surface area contributed by atoms with E-state index >= 15 is 0 Å². The molecule has 0 aromatic heterocycles. The number of rotatable bonds is 10. The summed E-state index contributed by atoms with van der Waals surface area (Å²) >= 11 is 0. The number of piperidine rings is 2. The molecule has 214 valence electrons. The van der Waals surface area contributed by atoms with Crippen molar-refractivity contribution in [3.8, 4) is 0 Å². The fourth-order valence-corrected chi connectivity index (χ4v) is 4.36. The van der Waals surface area contributed by atoms with Gasteiger partial charge in [0.15, 0.2) is 0 Å². The molecule has 0 bridgehead atoms. The largest absolute Gasteiger partial charge is 0.425 e. The summed E-state index contributed by atoms with van der Waals surface area (Å²) in [5.74, 6) is -4.87. The molecule has 4 N–H and O–H groups in total. The Kier molecular flexibility index (Phi) is 11.3. The molecule has 0 unspecified atom stereocenters. The lowest BCUT2D eigenvalue weighted by atomic mass is 10.0. The number of benzene rings is 2. The maximum atomic E-state index is 12.3. The first kappa shape index (κ1) is 29.5. The molecule has 2 heterocycles.